The summed E-state index contributed by atoms with van der Waals surface area (Å²) in [6.07, 6.45) is 0. The number of aryl methyl sites for hydroxylation is 2. The lowest BCUT2D eigenvalue weighted by molar-refractivity contribution is 0.288. The van der Waals surface area contributed by atoms with Gasteiger partial charge in [0.25, 0.3) is 0 Å². The Balaban J connectivity index is 2.37. The molecule has 2 aromatic carbocycles. The number of hydrogen-bond acceptors (Lipinski definition) is 2. The van der Waals surface area contributed by atoms with E-state index in [2.05, 4.69) is 49.5 Å². The van der Waals surface area contributed by atoms with Crippen LogP contribution in [-0.2, 0) is 0 Å². The van der Waals surface area contributed by atoms with E-state index >= 15 is 0 Å². The highest BCUT2D eigenvalue weighted by Crippen LogP contribution is 2.25. The van der Waals surface area contributed by atoms with Crippen LogP contribution in [0.15, 0.2) is 48.5 Å². The number of aliphatic hydroxyl groups excluding tert-OH is 1. The van der Waals surface area contributed by atoms with Crippen LogP contribution in [0.3, 0.4) is 0 Å². The van der Waals surface area contributed by atoms with Gasteiger partial charge in [-0.15, -0.1) is 0 Å². The normalized spacial score (nSPS) is 12.4. The standard InChI is InChI=1S/C17H21NO/c1-13-8-9-16(14(2)12-13)17(18-10-11-19)15-6-4-3-5-7-15/h3-9,12,17-19H,10-11H2,1-2H3. The van der Waals surface area contributed by atoms with Gasteiger partial charge in [0.15, 0.2) is 0 Å². The molecule has 0 fully saturated rings. The van der Waals surface area contributed by atoms with Crippen molar-refractivity contribution in [2.45, 2.75) is 19.9 Å². The van der Waals surface area contributed by atoms with Crippen LogP contribution in [-0.4, -0.2) is 18.3 Å². The van der Waals surface area contributed by atoms with Gasteiger partial charge in [0.05, 0.1) is 12.6 Å². The minimum Gasteiger partial charge on any atom is -0.395 e. The Bertz CT molecular complexity index is 522. The molecule has 0 bridgehead atoms. The van der Waals surface area contributed by atoms with Gasteiger partial charge < -0.3 is 10.4 Å². The molecule has 0 aliphatic carbocycles. The highest BCUT2D eigenvalue weighted by molar-refractivity contribution is 5.38. The maximum absolute atomic E-state index is 9.06. The third-order valence-corrected chi connectivity index (χ3v) is 3.33. The van der Waals surface area contributed by atoms with E-state index in [0.717, 1.165) is 0 Å². The molecule has 19 heavy (non-hydrogen) atoms. The van der Waals surface area contributed by atoms with Gasteiger partial charge in [-0.05, 0) is 30.5 Å². The molecule has 2 nitrogen and oxygen atoms in total. The van der Waals surface area contributed by atoms with Crippen molar-refractivity contribution in [2.24, 2.45) is 0 Å². The van der Waals surface area contributed by atoms with Crippen LogP contribution in [0, 0.1) is 13.8 Å². The average Bonchev–Trinajstić information content (AvgIpc) is 2.42. The summed E-state index contributed by atoms with van der Waals surface area (Å²) in [5.41, 5.74) is 5.04. The average molecular weight is 255 g/mol. The third-order valence-electron chi connectivity index (χ3n) is 3.33. The van der Waals surface area contributed by atoms with Crippen LogP contribution in [0.25, 0.3) is 0 Å². The van der Waals surface area contributed by atoms with E-state index in [9.17, 15) is 0 Å². The lowest BCUT2D eigenvalue weighted by atomic mass is 9.94. The largest absolute Gasteiger partial charge is 0.395 e. The quantitative estimate of drug-likeness (QED) is 0.861. The summed E-state index contributed by atoms with van der Waals surface area (Å²) in [4.78, 5) is 0. The fourth-order valence-corrected chi connectivity index (χ4v) is 2.41. The fraction of sp³-hybridized carbons (Fsp3) is 0.294. The van der Waals surface area contributed by atoms with Gasteiger partial charge in [-0.2, -0.15) is 0 Å². The predicted octanol–water partition coefficient (Wildman–Crippen LogP) is 2.97. The maximum atomic E-state index is 9.06. The third kappa shape index (κ3) is 3.43. The fourth-order valence-electron chi connectivity index (χ4n) is 2.41. The molecule has 0 amide bonds. The van der Waals surface area contributed by atoms with Crippen LogP contribution < -0.4 is 5.32 Å². The van der Waals surface area contributed by atoms with E-state index in [4.69, 9.17) is 5.11 Å². The first-order chi connectivity index (χ1) is 9.22. The Hall–Kier alpha value is -1.64. The monoisotopic (exact) mass is 255 g/mol. The van der Waals surface area contributed by atoms with E-state index in [1.807, 2.05) is 18.2 Å². The zero-order chi connectivity index (χ0) is 13.7. The van der Waals surface area contributed by atoms with Crippen LogP contribution in [0.2, 0.25) is 0 Å². The maximum Gasteiger partial charge on any atom is 0.0580 e. The summed E-state index contributed by atoms with van der Waals surface area (Å²) in [5.74, 6) is 0. The summed E-state index contributed by atoms with van der Waals surface area (Å²) in [6, 6.07) is 17.0. The molecule has 0 radical (unpaired) electrons. The van der Waals surface area contributed by atoms with E-state index in [1.165, 1.54) is 22.3 Å². The summed E-state index contributed by atoms with van der Waals surface area (Å²) < 4.78 is 0. The topological polar surface area (TPSA) is 32.3 Å². The van der Waals surface area contributed by atoms with Crippen molar-refractivity contribution in [2.75, 3.05) is 13.2 Å². The SMILES string of the molecule is Cc1ccc(C(NCCO)c2ccccc2)c(C)c1. The molecule has 100 valence electrons. The Morgan fingerprint density at radius 1 is 1.05 bits per heavy atom. The van der Waals surface area contributed by atoms with Crippen LogP contribution in [0.4, 0.5) is 0 Å². The zero-order valence-electron chi connectivity index (χ0n) is 11.6. The highest BCUT2D eigenvalue weighted by Gasteiger charge is 2.14. The van der Waals surface area contributed by atoms with Gasteiger partial charge in [0, 0.05) is 6.54 Å². The van der Waals surface area contributed by atoms with Crippen molar-refractivity contribution < 1.29 is 5.11 Å². The van der Waals surface area contributed by atoms with Crippen LogP contribution in [0.1, 0.15) is 28.3 Å². The molecule has 0 aromatic heterocycles. The molecule has 2 aromatic rings. The van der Waals surface area contributed by atoms with Crippen molar-refractivity contribution in [1.82, 2.24) is 5.32 Å². The molecule has 2 N–H and O–H groups in total. The first kappa shape index (κ1) is 13.8. The number of benzene rings is 2. The summed E-state index contributed by atoms with van der Waals surface area (Å²) >= 11 is 0. The summed E-state index contributed by atoms with van der Waals surface area (Å²) in [7, 11) is 0. The summed E-state index contributed by atoms with van der Waals surface area (Å²) in [5, 5.41) is 12.5. The molecule has 1 atom stereocenters. The van der Waals surface area contributed by atoms with Crippen molar-refractivity contribution in [3.63, 3.8) is 0 Å². The summed E-state index contributed by atoms with van der Waals surface area (Å²) in [6.45, 7) is 4.98. The second-order valence-corrected chi connectivity index (χ2v) is 4.88. The van der Waals surface area contributed by atoms with Gasteiger partial charge in [-0.3, -0.25) is 0 Å². The predicted molar refractivity (Wildman–Crippen MR) is 79.3 cm³/mol. The number of hydrogen-bond donors (Lipinski definition) is 2. The zero-order valence-corrected chi connectivity index (χ0v) is 11.6. The van der Waals surface area contributed by atoms with E-state index < -0.39 is 0 Å². The molecular formula is C17H21NO. The number of nitrogens with one attached hydrogen (secondary N) is 1. The molecule has 2 rings (SSSR count). The Labute approximate surface area is 115 Å². The minimum atomic E-state index is 0.133. The molecular weight excluding hydrogens is 234 g/mol. The van der Waals surface area contributed by atoms with Crippen molar-refractivity contribution >= 4 is 0 Å². The van der Waals surface area contributed by atoms with Gasteiger partial charge in [0.2, 0.25) is 0 Å². The molecule has 0 aliphatic rings. The van der Waals surface area contributed by atoms with Crippen LogP contribution >= 0.6 is 0 Å². The molecule has 1 unspecified atom stereocenters. The molecule has 0 saturated heterocycles. The molecule has 0 aliphatic heterocycles. The van der Waals surface area contributed by atoms with Gasteiger partial charge in [-0.25, -0.2) is 0 Å². The Morgan fingerprint density at radius 3 is 2.42 bits per heavy atom. The van der Waals surface area contributed by atoms with Crippen molar-refractivity contribution in [3.05, 3.63) is 70.8 Å². The van der Waals surface area contributed by atoms with Gasteiger partial charge in [0.1, 0.15) is 0 Å². The second kappa shape index (κ2) is 6.50. The van der Waals surface area contributed by atoms with Gasteiger partial charge in [-0.1, -0.05) is 54.1 Å². The molecule has 0 spiro atoms. The van der Waals surface area contributed by atoms with Crippen LogP contribution in [0.5, 0.6) is 0 Å². The van der Waals surface area contributed by atoms with E-state index in [0.29, 0.717) is 6.54 Å². The minimum absolute atomic E-state index is 0.133. The Morgan fingerprint density at radius 2 is 1.79 bits per heavy atom. The Kier molecular flexibility index (Phi) is 4.72. The first-order valence-corrected chi connectivity index (χ1v) is 6.68. The number of rotatable bonds is 5. The van der Waals surface area contributed by atoms with Crippen molar-refractivity contribution in [1.29, 1.82) is 0 Å². The molecule has 2 heteroatoms. The highest BCUT2D eigenvalue weighted by atomic mass is 16.3. The first-order valence-electron chi connectivity index (χ1n) is 6.68. The lowest BCUT2D eigenvalue weighted by Crippen LogP contribution is -2.26. The lowest BCUT2D eigenvalue weighted by Gasteiger charge is -2.21. The van der Waals surface area contributed by atoms with Gasteiger partial charge >= 0.3 is 0 Å². The molecule has 0 saturated carbocycles. The second-order valence-electron chi connectivity index (χ2n) is 4.88. The molecule has 0 heterocycles. The smallest absolute Gasteiger partial charge is 0.0580 e. The van der Waals surface area contributed by atoms with E-state index in [-0.39, 0.29) is 12.6 Å². The number of aliphatic hydroxyl groups is 1. The van der Waals surface area contributed by atoms with E-state index in [1.54, 1.807) is 0 Å². The van der Waals surface area contributed by atoms with Crippen molar-refractivity contribution in [3.8, 4) is 0 Å².